The van der Waals surface area contributed by atoms with Gasteiger partial charge in [-0.1, -0.05) is 28.9 Å². The van der Waals surface area contributed by atoms with Gasteiger partial charge < -0.3 is 14.6 Å². The number of ether oxygens (including phenoxy) is 1. The fourth-order valence-corrected chi connectivity index (χ4v) is 2.92. The van der Waals surface area contributed by atoms with Crippen LogP contribution in [0.3, 0.4) is 0 Å². The number of nitrogens with zero attached hydrogens (tertiary/aromatic N) is 1. The van der Waals surface area contributed by atoms with Gasteiger partial charge in [-0.3, -0.25) is 10.1 Å². The Morgan fingerprint density at radius 3 is 2.79 bits per heavy atom. The number of nitrogens with one attached hydrogen (secondary N) is 2. The number of carbonyl (C=O) groups excluding carboxylic acids is 1. The van der Waals surface area contributed by atoms with E-state index < -0.39 is 6.04 Å². The number of hydrogen-bond donors (Lipinski definition) is 2. The lowest BCUT2D eigenvalue weighted by Gasteiger charge is -2.23. The molecule has 1 saturated heterocycles. The quantitative estimate of drug-likeness (QED) is 0.867. The number of amides is 1. The lowest BCUT2D eigenvalue weighted by molar-refractivity contribution is -0.118. The molecule has 2 aromatic rings. The van der Waals surface area contributed by atoms with E-state index in [1.807, 2.05) is 31.2 Å². The van der Waals surface area contributed by atoms with E-state index in [1.54, 1.807) is 13.0 Å². The van der Waals surface area contributed by atoms with Crippen LogP contribution in [0.1, 0.15) is 30.7 Å². The number of rotatable bonds is 5. The topological polar surface area (TPSA) is 76.4 Å². The third kappa shape index (κ3) is 3.95. The molecule has 3 rings (SSSR count). The first kappa shape index (κ1) is 17.0. The number of hydrogen-bond acceptors (Lipinski definition) is 5. The summed E-state index contributed by atoms with van der Waals surface area (Å²) < 4.78 is 10.8. The smallest absolute Gasteiger partial charge is 0.243 e. The Kier molecular flexibility index (Phi) is 5.18. The summed E-state index contributed by atoms with van der Waals surface area (Å²) in [5.41, 5.74) is 1.77. The van der Waals surface area contributed by atoms with Crippen molar-refractivity contribution in [1.82, 2.24) is 10.5 Å². The van der Waals surface area contributed by atoms with Crippen LogP contribution >= 0.6 is 11.6 Å². The van der Waals surface area contributed by atoms with Crippen molar-refractivity contribution in [3.63, 3.8) is 0 Å². The van der Waals surface area contributed by atoms with Crippen molar-refractivity contribution in [1.29, 1.82) is 0 Å². The van der Waals surface area contributed by atoms with Gasteiger partial charge in [0, 0.05) is 23.7 Å². The van der Waals surface area contributed by atoms with Crippen LogP contribution in [0, 0.1) is 6.92 Å². The molecule has 128 valence electrons. The van der Waals surface area contributed by atoms with E-state index in [4.69, 9.17) is 20.9 Å². The maximum absolute atomic E-state index is 12.3. The highest BCUT2D eigenvalue weighted by Gasteiger charge is 2.32. The molecule has 3 unspecified atom stereocenters. The monoisotopic (exact) mass is 349 g/mol. The molecule has 1 aromatic heterocycles. The SMILES string of the molecule is Cc1cc(NC(=O)C(C)NC2CCOC2c2ccc(Cl)cc2)on1. The van der Waals surface area contributed by atoms with E-state index in [9.17, 15) is 4.79 Å². The Bertz CT molecular complexity index is 701. The zero-order chi connectivity index (χ0) is 17.1. The van der Waals surface area contributed by atoms with Gasteiger partial charge in [0.1, 0.15) is 0 Å². The first-order valence-corrected chi connectivity index (χ1v) is 8.28. The predicted octanol–water partition coefficient (Wildman–Crippen LogP) is 3.08. The number of carbonyl (C=O) groups is 1. The summed E-state index contributed by atoms with van der Waals surface area (Å²) in [6.45, 7) is 4.27. The Morgan fingerprint density at radius 2 is 2.12 bits per heavy atom. The number of halogens is 1. The zero-order valence-electron chi connectivity index (χ0n) is 13.6. The molecule has 0 radical (unpaired) electrons. The molecule has 3 atom stereocenters. The van der Waals surface area contributed by atoms with E-state index in [0.717, 1.165) is 17.7 Å². The van der Waals surface area contributed by atoms with Gasteiger partial charge in [-0.05, 0) is 38.0 Å². The third-order valence-corrected chi connectivity index (χ3v) is 4.27. The maximum Gasteiger partial charge on any atom is 0.243 e. The van der Waals surface area contributed by atoms with Crippen LogP contribution in [0.4, 0.5) is 5.88 Å². The summed E-state index contributed by atoms with van der Waals surface area (Å²) in [6, 6.07) is 8.94. The predicted molar refractivity (Wildman–Crippen MR) is 91.0 cm³/mol. The molecule has 24 heavy (non-hydrogen) atoms. The highest BCUT2D eigenvalue weighted by Crippen LogP contribution is 2.30. The van der Waals surface area contributed by atoms with Crippen LogP contribution in [-0.2, 0) is 9.53 Å². The summed E-state index contributed by atoms with van der Waals surface area (Å²) in [5, 5.41) is 10.5. The second kappa shape index (κ2) is 7.34. The fourth-order valence-electron chi connectivity index (χ4n) is 2.79. The Labute approximate surface area is 145 Å². The minimum Gasteiger partial charge on any atom is -0.372 e. The number of aromatic nitrogens is 1. The van der Waals surface area contributed by atoms with Crippen LogP contribution in [0.25, 0.3) is 0 Å². The summed E-state index contributed by atoms with van der Waals surface area (Å²) in [5.74, 6) is 0.177. The summed E-state index contributed by atoms with van der Waals surface area (Å²) >= 11 is 5.94. The molecular weight excluding hydrogens is 330 g/mol. The fraction of sp³-hybridized carbons (Fsp3) is 0.412. The van der Waals surface area contributed by atoms with Gasteiger partial charge in [0.2, 0.25) is 11.8 Å². The van der Waals surface area contributed by atoms with Crippen LogP contribution in [0.2, 0.25) is 5.02 Å². The third-order valence-electron chi connectivity index (χ3n) is 4.02. The van der Waals surface area contributed by atoms with Gasteiger partial charge in [-0.2, -0.15) is 0 Å². The van der Waals surface area contributed by atoms with Crippen LogP contribution in [0.5, 0.6) is 0 Å². The Balaban J connectivity index is 1.61. The van der Waals surface area contributed by atoms with Gasteiger partial charge in [-0.15, -0.1) is 0 Å². The Morgan fingerprint density at radius 1 is 1.38 bits per heavy atom. The molecule has 6 nitrogen and oxygen atoms in total. The van der Waals surface area contributed by atoms with E-state index in [0.29, 0.717) is 17.5 Å². The van der Waals surface area contributed by atoms with E-state index in [-0.39, 0.29) is 18.1 Å². The second-order valence-corrected chi connectivity index (χ2v) is 6.38. The van der Waals surface area contributed by atoms with Gasteiger partial charge in [0.15, 0.2) is 0 Å². The van der Waals surface area contributed by atoms with Crippen molar-refractivity contribution in [2.45, 2.75) is 38.5 Å². The summed E-state index contributed by atoms with van der Waals surface area (Å²) in [6.07, 6.45) is 0.747. The summed E-state index contributed by atoms with van der Waals surface area (Å²) in [7, 11) is 0. The molecule has 1 aliphatic heterocycles. The molecular formula is C17H20ClN3O3. The van der Waals surface area contributed by atoms with Gasteiger partial charge in [-0.25, -0.2) is 0 Å². The standard InChI is InChI=1S/C17H20ClN3O3/c1-10-9-15(24-21-10)20-17(22)11(2)19-14-7-8-23-16(14)12-3-5-13(18)6-4-12/h3-6,9,11,14,16,19H,7-8H2,1-2H3,(H,20,22). The molecule has 0 aliphatic carbocycles. The Hall–Kier alpha value is -1.89. The van der Waals surface area contributed by atoms with Gasteiger partial charge in [0.05, 0.1) is 17.8 Å². The normalized spacial score (nSPS) is 21.6. The molecule has 0 spiro atoms. The van der Waals surface area contributed by atoms with Crippen molar-refractivity contribution in [2.24, 2.45) is 0 Å². The minimum absolute atomic E-state index is 0.0587. The van der Waals surface area contributed by atoms with Crippen LogP contribution < -0.4 is 10.6 Å². The molecule has 2 N–H and O–H groups in total. The molecule has 2 heterocycles. The lowest BCUT2D eigenvalue weighted by atomic mass is 10.0. The van der Waals surface area contributed by atoms with Gasteiger partial charge in [0.25, 0.3) is 0 Å². The van der Waals surface area contributed by atoms with Crippen molar-refractivity contribution >= 4 is 23.4 Å². The van der Waals surface area contributed by atoms with Crippen molar-refractivity contribution < 1.29 is 14.1 Å². The largest absolute Gasteiger partial charge is 0.372 e. The van der Waals surface area contributed by atoms with Gasteiger partial charge >= 0.3 is 0 Å². The lowest BCUT2D eigenvalue weighted by Crippen LogP contribution is -2.45. The highest BCUT2D eigenvalue weighted by molar-refractivity contribution is 6.30. The van der Waals surface area contributed by atoms with E-state index in [2.05, 4.69) is 15.8 Å². The highest BCUT2D eigenvalue weighted by atomic mass is 35.5. The van der Waals surface area contributed by atoms with E-state index in [1.165, 1.54) is 0 Å². The molecule has 0 saturated carbocycles. The molecule has 1 fully saturated rings. The molecule has 0 bridgehead atoms. The molecule has 1 amide bonds. The van der Waals surface area contributed by atoms with Crippen molar-refractivity contribution in [2.75, 3.05) is 11.9 Å². The molecule has 7 heteroatoms. The van der Waals surface area contributed by atoms with E-state index >= 15 is 0 Å². The average molecular weight is 350 g/mol. The first-order valence-electron chi connectivity index (χ1n) is 7.90. The van der Waals surface area contributed by atoms with Crippen LogP contribution in [0.15, 0.2) is 34.9 Å². The first-order chi connectivity index (χ1) is 11.5. The molecule has 1 aliphatic rings. The molecule has 1 aromatic carbocycles. The zero-order valence-corrected chi connectivity index (χ0v) is 14.3. The van der Waals surface area contributed by atoms with Crippen LogP contribution in [-0.4, -0.2) is 29.8 Å². The van der Waals surface area contributed by atoms with Crippen molar-refractivity contribution in [3.05, 3.63) is 46.6 Å². The van der Waals surface area contributed by atoms with Crippen molar-refractivity contribution in [3.8, 4) is 0 Å². The minimum atomic E-state index is -0.392. The number of anilines is 1. The second-order valence-electron chi connectivity index (χ2n) is 5.95. The number of aryl methyl sites for hydroxylation is 1. The summed E-state index contributed by atoms with van der Waals surface area (Å²) in [4.78, 5) is 12.3. The number of benzene rings is 1. The average Bonchev–Trinajstić information content (AvgIpc) is 3.17. The maximum atomic E-state index is 12.3.